The number of nitrogens with one attached hydrogen (secondary N) is 6. The molecule has 0 fully saturated rings. The molecule has 0 bridgehead atoms. The van der Waals surface area contributed by atoms with E-state index < -0.39 is 23.9 Å². The number of carbonyl (C=O) groups is 4. The largest absolute Gasteiger partial charge is 0.459 e. The van der Waals surface area contributed by atoms with Crippen LogP contribution < -0.4 is 32.3 Å². The zero-order valence-electron chi connectivity index (χ0n) is 16.2. The molecule has 0 unspecified atom stereocenters. The zero-order valence-corrected chi connectivity index (χ0v) is 16.2. The standard InChI is InChI=1S/C18H24N6O6/c25-15(13-7-5-11-29-13)21-23-17(27)19-9-3-1-2-4-10-20-18(28)24-22-16(26)14-8-6-12-30-14/h5-8,11-12H,1-4,9-10H2,(H,21,25)(H,22,26)(H2,19,23,27)(H2,20,24,28). The number of hydrogen-bond acceptors (Lipinski definition) is 6. The second-order valence-electron chi connectivity index (χ2n) is 6.04. The van der Waals surface area contributed by atoms with Crippen LogP contribution in [-0.2, 0) is 0 Å². The third-order valence-corrected chi connectivity index (χ3v) is 3.74. The van der Waals surface area contributed by atoms with Gasteiger partial charge in [0.2, 0.25) is 0 Å². The minimum absolute atomic E-state index is 0.0949. The van der Waals surface area contributed by atoms with Gasteiger partial charge in [-0.2, -0.15) is 0 Å². The third-order valence-electron chi connectivity index (χ3n) is 3.74. The number of carbonyl (C=O) groups excluding carboxylic acids is 4. The Kier molecular flexibility index (Phi) is 9.30. The SMILES string of the molecule is O=C(NCCCCCCNC(=O)NNC(=O)c1ccco1)NNC(=O)c1ccco1. The summed E-state index contributed by atoms with van der Waals surface area (Å²) >= 11 is 0. The van der Waals surface area contributed by atoms with E-state index in [1.54, 1.807) is 12.1 Å². The van der Waals surface area contributed by atoms with Crippen molar-refractivity contribution in [3.8, 4) is 0 Å². The van der Waals surface area contributed by atoms with Gasteiger partial charge in [0.15, 0.2) is 11.5 Å². The number of amides is 6. The van der Waals surface area contributed by atoms with Crippen LogP contribution in [0.2, 0.25) is 0 Å². The van der Waals surface area contributed by atoms with Gasteiger partial charge < -0.3 is 19.5 Å². The minimum atomic E-state index is -0.549. The third kappa shape index (κ3) is 8.37. The summed E-state index contributed by atoms with van der Waals surface area (Å²) in [6.07, 6.45) is 5.89. The van der Waals surface area contributed by atoms with Gasteiger partial charge >= 0.3 is 23.9 Å². The fourth-order valence-corrected chi connectivity index (χ4v) is 2.26. The molecule has 6 amide bonds. The Morgan fingerprint density at radius 2 is 1.07 bits per heavy atom. The van der Waals surface area contributed by atoms with Crippen molar-refractivity contribution in [2.24, 2.45) is 0 Å². The first-order valence-electron chi connectivity index (χ1n) is 9.31. The van der Waals surface area contributed by atoms with Gasteiger partial charge in [-0.15, -0.1) is 0 Å². The maximum atomic E-state index is 11.6. The molecule has 162 valence electrons. The van der Waals surface area contributed by atoms with Crippen molar-refractivity contribution in [2.45, 2.75) is 25.7 Å². The maximum absolute atomic E-state index is 11.6. The predicted molar refractivity (Wildman–Crippen MR) is 104 cm³/mol. The number of hydrazine groups is 2. The summed E-state index contributed by atoms with van der Waals surface area (Å²) in [5.74, 6) is -0.908. The van der Waals surface area contributed by atoms with E-state index in [-0.39, 0.29) is 11.5 Å². The maximum Gasteiger partial charge on any atom is 0.333 e. The molecule has 0 radical (unpaired) electrons. The average Bonchev–Trinajstić information content (AvgIpc) is 3.46. The lowest BCUT2D eigenvalue weighted by atomic mass is 10.2. The summed E-state index contributed by atoms with van der Waals surface area (Å²) in [4.78, 5) is 46.2. The van der Waals surface area contributed by atoms with Crippen LogP contribution in [0.1, 0.15) is 46.8 Å². The number of furan rings is 2. The van der Waals surface area contributed by atoms with Crippen LogP contribution in [0, 0.1) is 0 Å². The van der Waals surface area contributed by atoms with Gasteiger partial charge in [0.1, 0.15) is 0 Å². The van der Waals surface area contributed by atoms with E-state index in [1.807, 2.05) is 0 Å². The molecule has 2 heterocycles. The first-order chi connectivity index (χ1) is 14.6. The van der Waals surface area contributed by atoms with Crippen LogP contribution >= 0.6 is 0 Å². The number of unbranched alkanes of at least 4 members (excludes halogenated alkanes) is 3. The first-order valence-corrected chi connectivity index (χ1v) is 9.31. The van der Waals surface area contributed by atoms with Crippen LogP contribution in [0.25, 0.3) is 0 Å². The molecular formula is C18H24N6O6. The molecule has 12 heteroatoms. The summed E-state index contributed by atoms with van der Waals surface area (Å²) in [7, 11) is 0. The van der Waals surface area contributed by atoms with Gasteiger partial charge in [-0.3, -0.25) is 20.4 Å². The lowest BCUT2D eigenvalue weighted by Gasteiger charge is -2.09. The molecule has 2 aromatic rings. The van der Waals surface area contributed by atoms with Gasteiger partial charge in [0.05, 0.1) is 12.5 Å². The van der Waals surface area contributed by atoms with Crippen LogP contribution in [0.4, 0.5) is 9.59 Å². The Hall–Kier alpha value is -3.96. The predicted octanol–water partition coefficient (Wildman–Crippen LogP) is 1.02. The van der Waals surface area contributed by atoms with Gasteiger partial charge in [0, 0.05) is 13.1 Å². The molecule has 30 heavy (non-hydrogen) atoms. The molecule has 12 nitrogen and oxygen atoms in total. The minimum Gasteiger partial charge on any atom is -0.459 e. The molecule has 2 aromatic heterocycles. The number of hydrogen-bond donors (Lipinski definition) is 6. The van der Waals surface area contributed by atoms with E-state index in [9.17, 15) is 19.2 Å². The Bertz CT molecular complexity index is 737. The highest BCUT2D eigenvalue weighted by Crippen LogP contribution is 1.99. The Morgan fingerprint density at radius 1 is 0.633 bits per heavy atom. The van der Waals surface area contributed by atoms with Gasteiger partial charge in [-0.1, -0.05) is 12.8 Å². The molecule has 0 atom stereocenters. The highest BCUT2D eigenvalue weighted by molar-refractivity contribution is 5.93. The van der Waals surface area contributed by atoms with E-state index in [2.05, 4.69) is 32.3 Å². The summed E-state index contributed by atoms with van der Waals surface area (Å²) in [6, 6.07) is 5.04. The fourth-order valence-electron chi connectivity index (χ4n) is 2.26. The molecule has 0 saturated heterocycles. The topological polar surface area (TPSA) is 167 Å². The molecule has 0 aromatic carbocycles. The summed E-state index contributed by atoms with van der Waals surface area (Å²) in [5.41, 5.74) is 8.88. The van der Waals surface area contributed by atoms with Crippen molar-refractivity contribution in [1.82, 2.24) is 32.3 Å². The molecule has 0 aliphatic heterocycles. The van der Waals surface area contributed by atoms with Crippen molar-refractivity contribution < 1.29 is 28.0 Å². The monoisotopic (exact) mass is 420 g/mol. The highest BCUT2D eigenvalue weighted by Gasteiger charge is 2.10. The molecule has 0 spiro atoms. The second-order valence-corrected chi connectivity index (χ2v) is 6.04. The number of urea groups is 2. The van der Waals surface area contributed by atoms with Crippen molar-refractivity contribution in [1.29, 1.82) is 0 Å². The Balaban J connectivity index is 1.39. The van der Waals surface area contributed by atoms with Gasteiger partial charge in [-0.05, 0) is 37.1 Å². The molecule has 0 aliphatic carbocycles. The lowest BCUT2D eigenvalue weighted by molar-refractivity contribution is 0.0902. The molecule has 2 rings (SSSR count). The first kappa shape index (κ1) is 22.3. The van der Waals surface area contributed by atoms with E-state index >= 15 is 0 Å². The van der Waals surface area contributed by atoms with E-state index in [0.29, 0.717) is 13.1 Å². The van der Waals surface area contributed by atoms with Crippen LogP contribution in [-0.4, -0.2) is 37.0 Å². The molecule has 6 N–H and O–H groups in total. The lowest BCUT2D eigenvalue weighted by Crippen LogP contribution is -2.47. The second kappa shape index (κ2) is 12.5. The quantitative estimate of drug-likeness (QED) is 0.262. The van der Waals surface area contributed by atoms with Crippen molar-refractivity contribution in [2.75, 3.05) is 13.1 Å². The summed E-state index contributed by atoms with van der Waals surface area (Å²) in [5, 5.41) is 5.22. The normalized spacial score (nSPS) is 10.0. The van der Waals surface area contributed by atoms with E-state index in [0.717, 1.165) is 25.7 Å². The molecule has 0 aliphatic rings. The smallest absolute Gasteiger partial charge is 0.333 e. The van der Waals surface area contributed by atoms with E-state index in [1.165, 1.54) is 24.7 Å². The zero-order chi connectivity index (χ0) is 21.6. The Morgan fingerprint density at radius 3 is 1.43 bits per heavy atom. The van der Waals surface area contributed by atoms with Gasteiger partial charge in [0.25, 0.3) is 0 Å². The van der Waals surface area contributed by atoms with Crippen LogP contribution in [0.5, 0.6) is 0 Å². The number of rotatable bonds is 9. The average molecular weight is 420 g/mol. The van der Waals surface area contributed by atoms with Crippen molar-refractivity contribution in [3.63, 3.8) is 0 Å². The molecular weight excluding hydrogens is 396 g/mol. The fraction of sp³-hybridized carbons (Fsp3) is 0.333. The van der Waals surface area contributed by atoms with E-state index in [4.69, 9.17) is 8.83 Å². The Labute approximate surface area is 172 Å². The van der Waals surface area contributed by atoms with Crippen LogP contribution in [0.3, 0.4) is 0 Å². The highest BCUT2D eigenvalue weighted by atomic mass is 16.3. The van der Waals surface area contributed by atoms with Crippen LogP contribution in [0.15, 0.2) is 45.6 Å². The van der Waals surface area contributed by atoms with Crippen molar-refractivity contribution >= 4 is 23.9 Å². The summed E-state index contributed by atoms with van der Waals surface area (Å²) in [6.45, 7) is 0.879. The molecule has 0 saturated carbocycles. The van der Waals surface area contributed by atoms with Gasteiger partial charge in [-0.25, -0.2) is 20.4 Å². The summed E-state index contributed by atoms with van der Waals surface area (Å²) < 4.78 is 9.78. The van der Waals surface area contributed by atoms with Crippen molar-refractivity contribution in [3.05, 3.63) is 48.3 Å².